The van der Waals surface area contributed by atoms with Gasteiger partial charge < -0.3 is 14.4 Å². The molecule has 3 aromatic rings. The summed E-state index contributed by atoms with van der Waals surface area (Å²) in [6.45, 7) is 7.95. The van der Waals surface area contributed by atoms with Gasteiger partial charge in [0.1, 0.15) is 6.20 Å². The molecule has 0 N–H and O–H groups in total. The van der Waals surface area contributed by atoms with Crippen LogP contribution < -0.4 is 9.47 Å². The molecule has 0 aliphatic carbocycles. The molecule has 3 rings (SSSR count). The van der Waals surface area contributed by atoms with E-state index in [0.717, 1.165) is 53.2 Å². The molecule has 0 saturated heterocycles. The zero-order chi connectivity index (χ0) is 21.5. The fourth-order valence-corrected chi connectivity index (χ4v) is 4.83. The maximum Gasteiger partial charge on any atom is 0.344 e. The predicted octanol–water partition coefficient (Wildman–Crippen LogP) is 4.87. The van der Waals surface area contributed by atoms with Crippen molar-refractivity contribution in [2.24, 2.45) is 0 Å². The Hall–Kier alpha value is -2.43. The average molecular weight is 449 g/mol. The SMILES string of the molecule is CCN(CC)CCCOc1cc2nccc(Sc3ncc([N+](=O)[O-])s3)c2cc1OC. The molecule has 2 aromatic heterocycles. The van der Waals surface area contributed by atoms with E-state index in [2.05, 4.69) is 28.7 Å². The van der Waals surface area contributed by atoms with Crippen LogP contribution in [0.25, 0.3) is 10.9 Å². The van der Waals surface area contributed by atoms with E-state index in [0.29, 0.717) is 22.4 Å². The normalized spacial score (nSPS) is 11.2. The molecule has 0 bridgehead atoms. The van der Waals surface area contributed by atoms with Gasteiger partial charge in [-0.25, -0.2) is 4.98 Å². The van der Waals surface area contributed by atoms with Crippen LogP contribution in [0.4, 0.5) is 5.00 Å². The van der Waals surface area contributed by atoms with Crippen LogP contribution in [-0.2, 0) is 0 Å². The minimum atomic E-state index is -0.431. The zero-order valence-electron chi connectivity index (χ0n) is 17.2. The number of pyridine rings is 1. The van der Waals surface area contributed by atoms with Crippen LogP contribution in [0.1, 0.15) is 20.3 Å². The molecule has 30 heavy (non-hydrogen) atoms. The van der Waals surface area contributed by atoms with Gasteiger partial charge >= 0.3 is 5.00 Å². The summed E-state index contributed by atoms with van der Waals surface area (Å²) in [5.41, 5.74) is 0.769. The highest BCUT2D eigenvalue weighted by atomic mass is 32.2. The number of thiazole rings is 1. The molecule has 0 aliphatic rings. The Labute approximate surface area is 183 Å². The van der Waals surface area contributed by atoms with E-state index in [1.165, 1.54) is 18.0 Å². The number of ether oxygens (including phenoxy) is 2. The molecule has 0 spiro atoms. The zero-order valence-corrected chi connectivity index (χ0v) is 18.8. The predicted molar refractivity (Wildman–Crippen MR) is 119 cm³/mol. The fraction of sp³-hybridized carbons (Fsp3) is 0.400. The lowest BCUT2D eigenvalue weighted by Gasteiger charge is -2.18. The summed E-state index contributed by atoms with van der Waals surface area (Å²) in [4.78, 5) is 22.3. The number of hydrogen-bond donors (Lipinski definition) is 0. The first kappa shape index (κ1) is 22.3. The molecule has 0 amide bonds. The van der Waals surface area contributed by atoms with E-state index >= 15 is 0 Å². The molecule has 0 fully saturated rings. The van der Waals surface area contributed by atoms with Crippen molar-refractivity contribution in [1.82, 2.24) is 14.9 Å². The first-order valence-corrected chi connectivity index (χ1v) is 11.3. The summed E-state index contributed by atoms with van der Waals surface area (Å²) in [5.74, 6) is 1.29. The Morgan fingerprint density at radius 1 is 1.23 bits per heavy atom. The second-order valence-corrected chi connectivity index (χ2v) is 8.68. The minimum Gasteiger partial charge on any atom is -0.493 e. The Morgan fingerprint density at radius 2 is 2.03 bits per heavy atom. The Balaban J connectivity index is 1.78. The van der Waals surface area contributed by atoms with Crippen molar-refractivity contribution in [1.29, 1.82) is 0 Å². The van der Waals surface area contributed by atoms with Gasteiger partial charge in [0.2, 0.25) is 0 Å². The largest absolute Gasteiger partial charge is 0.493 e. The van der Waals surface area contributed by atoms with Crippen LogP contribution >= 0.6 is 23.1 Å². The number of fused-ring (bicyclic) bond motifs is 1. The summed E-state index contributed by atoms with van der Waals surface area (Å²) in [7, 11) is 1.61. The molecule has 160 valence electrons. The number of nitrogens with zero attached hydrogens (tertiary/aromatic N) is 4. The third-order valence-corrected chi connectivity index (χ3v) is 6.71. The first-order valence-electron chi connectivity index (χ1n) is 9.65. The van der Waals surface area contributed by atoms with Gasteiger partial charge in [0.25, 0.3) is 0 Å². The highest BCUT2D eigenvalue weighted by Crippen LogP contribution is 2.40. The summed E-state index contributed by atoms with van der Waals surface area (Å²) in [5, 5.41) is 11.8. The molecule has 0 unspecified atom stereocenters. The van der Waals surface area contributed by atoms with Crippen LogP contribution in [0.3, 0.4) is 0 Å². The summed E-state index contributed by atoms with van der Waals surface area (Å²) in [6, 6.07) is 5.64. The highest BCUT2D eigenvalue weighted by Gasteiger charge is 2.16. The molecular weight excluding hydrogens is 424 g/mol. The molecule has 10 heteroatoms. The molecule has 0 radical (unpaired) electrons. The van der Waals surface area contributed by atoms with E-state index in [4.69, 9.17) is 9.47 Å². The quantitative estimate of drug-likeness (QED) is 0.233. The van der Waals surface area contributed by atoms with Crippen LogP contribution in [0.2, 0.25) is 0 Å². The highest BCUT2D eigenvalue weighted by molar-refractivity contribution is 8.01. The van der Waals surface area contributed by atoms with Crippen molar-refractivity contribution in [2.45, 2.75) is 29.5 Å². The van der Waals surface area contributed by atoms with Crippen LogP contribution in [-0.4, -0.2) is 53.1 Å². The number of methoxy groups -OCH3 is 1. The van der Waals surface area contributed by atoms with Crippen LogP contribution in [0.5, 0.6) is 11.5 Å². The van der Waals surface area contributed by atoms with Gasteiger partial charge in [-0.05, 0) is 43.0 Å². The average Bonchev–Trinajstić information content (AvgIpc) is 3.22. The second kappa shape index (κ2) is 10.6. The monoisotopic (exact) mass is 448 g/mol. The number of rotatable bonds is 11. The van der Waals surface area contributed by atoms with Crippen molar-refractivity contribution in [3.63, 3.8) is 0 Å². The van der Waals surface area contributed by atoms with Crippen molar-refractivity contribution in [3.05, 3.63) is 40.7 Å². The molecule has 0 atom stereocenters. The molecule has 2 heterocycles. The third kappa shape index (κ3) is 5.38. The van der Waals surface area contributed by atoms with Crippen molar-refractivity contribution >= 4 is 39.0 Å². The van der Waals surface area contributed by atoms with E-state index < -0.39 is 4.92 Å². The van der Waals surface area contributed by atoms with Gasteiger partial charge in [-0.1, -0.05) is 25.6 Å². The van der Waals surface area contributed by atoms with Gasteiger partial charge in [-0.2, -0.15) is 0 Å². The first-order chi connectivity index (χ1) is 14.5. The van der Waals surface area contributed by atoms with Gasteiger partial charge in [0, 0.05) is 29.1 Å². The van der Waals surface area contributed by atoms with Gasteiger partial charge in [0.05, 0.1) is 24.2 Å². The van der Waals surface area contributed by atoms with E-state index in [9.17, 15) is 10.1 Å². The molecule has 8 nitrogen and oxygen atoms in total. The maximum absolute atomic E-state index is 10.9. The number of hydrogen-bond acceptors (Lipinski definition) is 9. The van der Waals surface area contributed by atoms with Crippen LogP contribution in [0, 0.1) is 10.1 Å². The molecule has 0 saturated carbocycles. The Morgan fingerprint density at radius 3 is 2.70 bits per heavy atom. The molecule has 0 aliphatic heterocycles. The van der Waals surface area contributed by atoms with Gasteiger partial charge in [0.15, 0.2) is 15.8 Å². The number of nitro groups is 1. The van der Waals surface area contributed by atoms with Gasteiger partial charge in [-0.3, -0.25) is 15.1 Å². The smallest absolute Gasteiger partial charge is 0.344 e. The topological polar surface area (TPSA) is 90.6 Å². The lowest BCUT2D eigenvalue weighted by atomic mass is 10.2. The van der Waals surface area contributed by atoms with E-state index in [-0.39, 0.29) is 5.00 Å². The Kier molecular flexibility index (Phi) is 7.83. The fourth-order valence-electron chi connectivity index (χ4n) is 2.98. The van der Waals surface area contributed by atoms with Crippen LogP contribution in [0.15, 0.2) is 39.8 Å². The Bertz CT molecular complexity index is 1010. The molecular formula is C20H24N4O4S2. The van der Waals surface area contributed by atoms with E-state index in [1.54, 1.807) is 13.3 Å². The second-order valence-electron chi connectivity index (χ2n) is 6.38. The lowest BCUT2D eigenvalue weighted by molar-refractivity contribution is -0.380. The number of benzene rings is 1. The lowest BCUT2D eigenvalue weighted by Crippen LogP contribution is -2.25. The number of aromatic nitrogens is 2. The molecule has 1 aromatic carbocycles. The van der Waals surface area contributed by atoms with Crippen molar-refractivity contribution in [3.8, 4) is 11.5 Å². The standard InChI is InChI=1S/C20H24N4O4S2/c1-4-23(5-2)9-6-10-28-17-12-15-14(11-16(17)27-3)18(7-8-21-15)29-20-22-13-19(30-20)24(25)26/h7-8,11-13H,4-6,9-10H2,1-3H3. The third-order valence-electron chi connectivity index (χ3n) is 4.61. The van der Waals surface area contributed by atoms with Gasteiger partial charge in [-0.15, -0.1) is 0 Å². The summed E-state index contributed by atoms with van der Waals surface area (Å²) in [6.07, 6.45) is 3.92. The maximum atomic E-state index is 10.9. The van der Waals surface area contributed by atoms with E-state index in [1.807, 2.05) is 18.2 Å². The summed E-state index contributed by atoms with van der Waals surface area (Å²) < 4.78 is 12.1. The summed E-state index contributed by atoms with van der Waals surface area (Å²) >= 11 is 2.42. The van der Waals surface area contributed by atoms with Crippen molar-refractivity contribution in [2.75, 3.05) is 33.4 Å². The van der Waals surface area contributed by atoms with Crippen molar-refractivity contribution < 1.29 is 14.4 Å². The minimum absolute atomic E-state index is 0.0221.